The van der Waals surface area contributed by atoms with Crippen molar-refractivity contribution in [2.24, 2.45) is 5.92 Å². The molecule has 20 heavy (non-hydrogen) atoms. The molecular weight excluding hydrogens is 278 g/mol. The lowest BCUT2D eigenvalue weighted by Gasteiger charge is -2.21. The molecule has 0 saturated heterocycles. The van der Waals surface area contributed by atoms with Gasteiger partial charge in [-0.25, -0.2) is 17.5 Å². The molecule has 0 radical (unpaired) electrons. The SMILES string of the molecule is Cc1cc(C)c(S(=O)(=O)N(C)CC(C)C)cc1C(=O)O. The molecule has 0 aliphatic carbocycles. The van der Waals surface area contributed by atoms with Crippen LogP contribution in [0.5, 0.6) is 0 Å². The average Bonchev–Trinajstić information content (AvgIpc) is 2.26. The van der Waals surface area contributed by atoms with Crippen LogP contribution in [0.2, 0.25) is 0 Å². The van der Waals surface area contributed by atoms with Crippen LogP contribution in [0.4, 0.5) is 0 Å². The minimum absolute atomic E-state index is 0.0205. The fourth-order valence-corrected chi connectivity index (χ4v) is 3.68. The van der Waals surface area contributed by atoms with Gasteiger partial charge in [-0.05, 0) is 37.0 Å². The minimum atomic E-state index is -3.67. The van der Waals surface area contributed by atoms with E-state index in [9.17, 15) is 13.2 Å². The Hall–Kier alpha value is -1.40. The van der Waals surface area contributed by atoms with E-state index < -0.39 is 16.0 Å². The Bertz CT molecular complexity index is 620. The third-order valence-electron chi connectivity index (χ3n) is 3.06. The van der Waals surface area contributed by atoms with Gasteiger partial charge in [-0.2, -0.15) is 0 Å². The Labute approximate surface area is 120 Å². The van der Waals surface area contributed by atoms with Crippen LogP contribution >= 0.6 is 0 Å². The predicted octanol–water partition coefficient (Wildman–Crippen LogP) is 2.28. The predicted molar refractivity (Wildman–Crippen MR) is 77.5 cm³/mol. The van der Waals surface area contributed by atoms with Gasteiger partial charge in [0.2, 0.25) is 10.0 Å². The number of hydrogen-bond donors (Lipinski definition) is 1. The Morgan fingerprint density at radius 2 is 1.80 bits per heavy atom. The van der Waals surface area contributed by atoms with E-state index in [1.54, 1.807) is 19.9 Å². The summed E-state index contributed by atoms with van der Waals surface area (Å²) in [6, 6.07) is 2.85. The number of aryl methyl sites for hydroxylation is 2. The van der Waals surface area contributed by atoms with Crippen LogP contribution in [0.3, 0.4) is 0 Å². The van der Waals surface area contributed by atoms with E-state index in [1.807, 2.05) is 13.8 Å². The molecule has 1 aromatic rings. The largest absolute Gasteiger partial charge is 0.478 e. The highest BCUT2D eigenvalue weighted by molar-refractivity contribution is 7.89. The number of carboxylic acids is 1. The summed E-state index contributed by atoms with van der Waals surface area (Å²) in [5.74, 6) is -0.926. The highest BCUT2D eigenvalue weighted by Gasteiger charge is 2.25. The van der Waals surface area contributed by atoms with E-state index in [1.165, 1.54) is 17.4 Å². The van der Waals surface area contributed by atoms with Crippen molar-refractivity contribution in [1.29, 1.82) is 0 Å². The first-order chi connectivity index (χ1) is 9.07. The molecule has 0 amide bonds. The van der Waals surface area contributed by atoms with E-state index in [2.05, 4.69) is 0 Å². The summed E-state index contributed by atoms with van der Waals surface area (Å²) >= 11 is 0. The normalized spacial score (nSPS) is 12.2. The highest BCUT2D eigenvalue weighted by Crippen LogP contribution is 2.23. The fourth-order valence-electron chi connectivity index (χ4n) is 2.12. The van der Waals surface area contributed by atoms with Gasteiger partial charge in [0.25, 0.3) is 0 Å². The number of carbonyl (C=O) groups is 1. The standard InChI is InChI=1S/C14H21NO4S/c1-9(2)8-15(5)20(18,19)13-7-12(14(16)17)10(3)6-11(13)4/h6-7,9H,8H2,1-5H3,(H,16,17). The molecule has 0 unspecified atom stereocenters. The van der Waals surface area contributed by atoms with Gasteiger partial charge >= 0.3 is 5.97 Å². The van der Waals surface area contributed by atoms with Crippen molar-refractivity contribution in [3.63, 3.8) is 0 Å². The zero-order chi connectivity index (χ0) is 15.7. The van der Waals surface area contributed by atoms with E-state index in [-0.39, 0.29) is 16.4 Å². The molecule has 1 aromatic carbocycles. The fraction of sp³-hybridized carbons (Fsp3) is 0.500. The molecule has 0 spiro atoms. The van der Waals surface area contributed by atoms with Crippen molar-refractivity contribution in [2.45, 2.75) is 32.6 Å². The Kier molecular flexibility index (Phi) is 4.94. The maximum Gasteiger partial charge on any atom is 0.335 e. The molecule has 0 aliphatic rings. The Balaban J connectivity index is 3.38. The van der Waals surface area contributed by atoms with Crippen molar-refractivity contribution in [2.75, 3.05) is 13.6 Å². The van der Waals surface area contributed by atoms with Crippen LogP contribution in [0, 0.1) is 19.8 Å². The van der Waals surface area contributed by atoms with Crippen LogP contribution in [-0.2, 0) is 10.0 Å². The van der Waals surface area contributed by atoms with Gasteiger partial charge in [0.1, 0.15) is 0 Å². The molecule has 0 bridgehead atoms. The molecule has 6 heteroatoms. The summed E-state index contributed by atoms with van der Waals surface area (Å²) < 4.78 is 26.3. The number of carboxylic acid groups (broad SMARTS) is 1. The third-order valence-corrected chi connectivity index (χ3v) is 5.03. The maximum atomic E-state index is 12.5. The summed E-state index contributed by atoms with van der Waals surface area (Å²) in [6.45, 7) is 7.57. The van der Waals surface area contributed by atoms with Crippen molar-refractivity contribution in [3.8, 4) is 0 Å². The van der Waals surface area contributed by atoms with Crippen molar-refractivity contribution in [3.05, 3.63) is 28.8 Å². The first kappa shape index (κ1) is 16.7. The zero-order valence-corrected chi connectivity index (χ0v) is 13.3. The lowest BCUT2D eigenvalue weighted by Crippen LogP contribution is -2.31. The van der Waals surface area contributed by atoms with Gasteiger partial charge in [0, 0.05) is 13.6 Å². The second-order valence-corrected chi connectivity index (χ2v) is 7.43. The molecule has 0 atom stereocenters. The summed E-state index contributed by atoms with van der Waals surface area (Å²) in [5, 5.41) is 9.12. The first-order valence-corrected chi connectivity index (χ1v) is 7.82. The number of aromatic carboxylic acids is 1. The second kappa shape index (κ2) is 5.93. The number of nitrogens with zero attached hydrogens (tertiary/aromatic N) is 1. The Morgan fingerprint density at radius 1 is 1.25 bits per heavy atom. The lowest BCUT2D eigenvalue weighted by molar-refractivity contribution is 0.0696. The number of sulfonamides is 1. The number of rotatable bonds is 5. The van der Waals surface area contributed by atoms with Gasteiger partial charge < -0.3 is 5.11 Å². The molecule has 112 valence electrons. The third kappa shape index (κ3) is 3.37. The van der Waals surface area contributed by atoms with Crippen molar-refractivity contribution >= 4 is 16.0 Å². The maximum absolute atomic E-state index is 12.5. The summed E-state index contributed by atoms with van der Waals surface area (Å²) in [5.41, 5.74) is 1.13. The molecule has 0 saturated carbocycles. The molecule has 0 heterocycles. The van der Waals surface area contributed by atoms with E-state index >= 15 is 0 Å². The summed E-state index contributed by atoms with van der Waals surface area (Å²) in [6.07, 6.45) is 0. The van der Waals surface area contributed by atoms with Crippen LogP contribution < -0.4 is 0 Å². The lowest BCUT2D eigenvalue weighted by atomic mass is 10.1. The van der Waals surface area contributed by atoms with Gasteiger partial charge in [-0.1, -0.05) is 19.9 Å². The molecule has 1 N–H and O–H groups in total. The number of hydrogen-bond acceptors (Lipinski definition) is 3. The molecule has 1 rings (SSSR count). The van der Waals surface area contributed by atoms with Gasteiger partial charge in [0.05, 0.1) is 10.5 Å². The topological polar surface area (TPSA) is 74.7 Å². The number of benzene rings is 1. The van der Waals surface area contributed by atoms with Crippen LogP contribution in [0.1, 0.15) is 35.3 Å². The van der Waals surface area contributed by atoms with Crippen molar-refractivity contribution < 1.29 is 18.3 Å². The highest BCUT2D eigenvalue weighted by atomic mass is 32.2. The minimum Gasteiger partial charge on any atom is -0.478 e. The van der Waals surface area contributed by atoms with E-state index in [0.29, 0.717) is 17.7 Å². The monoisotopic (exact) mass is 299 g/mol. The molecular formula is C14H21NO4S. The summed E-state index contributed by atoms with van der Waals surface area (Å²) in [7, 11) is -2.16. The van der Waals surface area contributed by atoms with Crippen molar-refractivity contribution in [1.82, 2.24) is 4.31 Å². The van der Waals surface area contributed by atoms with E-state index in [4.69, 9.17) is 5.11 Å². The van der Waals surface area contributed by atoms with E-state index in [0.717, 1.165) is 0 Å². The molecule has 0 aromatic heterocycles. The molecule has 5 nitrogen and oxygen atoms in total. The molecule has 0 aliphatic heterocycles. The van der Waals surface area contributed by atoms with Crippen LogP contribution in [0.15, 0.2) is 17.0 Å². The van der Waals surface area contributed by atoms with Crippen LogP contribution in [0.25, 0.3) is 0 Å². The van der Waals surface area contributed by atoms with Crippen LogP contribution in [-0.4, -0.2) is 37.4 Å². The second-order valence-electron chi connectivity index (χ2n) is 5.42. The zero-order valence-electron chi connectivity index (χ0n) is 12.5. The quantitative estimate of drug-likeness (QED) is 0.905. The van der Waals surface area contributed by atoms with Gasteiger partial charge in [-0.15, -0.1) is 0 Å². The molecule has 0 fully saturated rings. The Morgan fingerprint density at radius 3 is 2.25 bits per heavy atom. The first-order valence-electron chi connectivity index (χ1n) is 6.38. The summed E-state index contributed by atoms with van der Waals surface area (Å²) in [4.78, 5) is 11.2. The average molecular weight is 299 g/mol. The smallest absolute Gasteiger partial charge is 0.335 e. The van der Waals surface area contributed by atoms with Gasteiger partial charge in [-0.3, -0.25) is 0 Å². The van der Waals surface area contributed by atoms with Gasteiger partial charge in [0.15, 0.2) is 0 Å².